The van der Waals surface area contributed by atoms with Crippen LogP contribution >= 0.6 is 11.8 Å². The third kappa shape index (κ3) is 2.83. The van der Waals surface area contributed by atoms with Crippen molar-refractivity contribution in [1.82, 2.24) is 20.0 Å². The Balaban J connectivity index is 1.36. The first-order valence-electron chi connectivity index (χ1n) is 9.67. The topological polar surface area (TPSA) is 58.4 Å². The molecule has 3 aliphatic rings. The van der Waals surface area contributed by atoms with E-state index in [1.54, 1.807) is 0 Å². The van der Waals surface area contributed by atoms with Crippen LogP contribution in [-0.2, 0) is 10.3 Å². The molecular weight excluding hydrogens is 344 g/mol. The van der Waals surface area contributed by atoms with Gasteiger partial charge in [-0.1, -0.05) is 0 Å². The van der Waals surface area contributed by atoms with Crippen LogP contribution in [0.5, 0.6) is 0 Å². The van der Waals surface area contributed by atoms with Crippen LogP contribution < -0.4 is 10.6 Å². The molecule has 2 saturated carbocycles. The number of carbonyl (C=O) groups excluding carboxylic acids is 1. The van der Waals surface area contributed by atoms with Gasteiger partial charge in [0.25, 0.3) is 0 Å². The summed E-state index contributed by atoms with van der Waals surface area (Å²) in [5.41, 5.74) is 0.649. The van der Waals surface area contributed by atoms with Crippen LogP contribution in [0.25, 0.3) is 5.52 Å². The molecule has 3 heterocycles. The second-order valence-corrected chi connectivity index (χ2v) is 9.65. The van der Waals surface area contributed by atoms with Gasteiger partial charge in [-0.15, -0.1) is 11.8 Å². The first-order chi connectivity index (χ1) is 12.5. The maximum atomic E-state index is 12.7. The smallest absolute Gasteiger partial charge is 0.224 e. The highest BCUT2D eigenvalue weighted by molar-refractivity contribution is 7.99. The van der Waals surface area contributed by atoms with Crippen molar-refractivity contribution in [1.29, 1.82) is 0 Å². The van der Waals surface area contributed by atoms with Gasteiger partial charge in [0.2, 0.25) is 5.91 Å². The molecule has 26 heavy (non-hydrogen) atoms. The Labute approximate surface area is 158 Å². The predicted octanol–water partition coefficient (Wildman–Crippen LogP) is 2.65. The molecule has 2 N–H and O–H groups in total. The molecule has 2 aliphatic carbocycles. The van der Waals surface area contributed by atoms with Crippen molar-refractivity contribution in [3.63, 3.8) is 0 Å². The normalized spacial score (nSPS) is 27.5. The van der Waals surface area contributed by atoms with E-state index in [0.29, 0.717) is 11.8 Å². The Hall–Kier alpha value is -1.53. The number of carbonyl (C=O) groups is 1. The molecule has 1 saturated heterocycles. The third-order valence-electron chi connectivity index (χ3n) is 6.09. The van der Waals surface area contributed by atoms with Crippen molar-refractivity contribution in [2.75, 3.05) is 18.8 Å². The number of imidazole rings is 1. The average molecular weight is 371 g/mol. The number of aromatic nitrogens is 2. The number of hydrogen-bond donors (Lipinski definition) is 2. The molecule has 3 fully saturated rings. The predicted molar refractivity (Wildman–Crippen MR) is 103 cm³/mol. The van der Waals surface area contributed by atoms with Crippen LogP contribution in [0.4, 0.5) is 0 Å². The molecule has 0 spiro atoms. The second kappa shape index (κ2) is 5.99. The highest BCUT2D eigenvalue weighted by Crippen LogP contribution is 2.49. The summed E-state index contributed by atoms with van der Waals surface area (Å²) < 4.78 is 2.14. The van der Waals surface area contributed by atoms with Crippen LogP contribution in [0.3, 0.4) is 0 Å². The monoisotopic (exact) mass is 370 g/mol. The first-order valence-corrected chi connectivity index (χ1v) is 10.7. The minimum atomic E-state index is -0.492. The fourth-order valence-corrected chi connectivity index (χ4v) is 5.55. The lowest BCUT2D eigenvalue weighted by Crippen LogP contribution is -2.44. The van der Waals surface area contributed by atoms with Crippen LogP contribution in [0.2, 0.25) is 0 Å². The van der Waals surface area contributed by atoms with Crippen molar-refractivity contribution in [2.45, 2.75) is 37.1 Å². The molecule has 0 radical (unpaired) electrons. The number of amides is 1. The standard InChI is InChI=1S/C20H26N4OS/c1-20(2,23-18(25)17-13-8-21-9-14(13)17)19-22-10-15-16(4-3-7-24(15)19)26-11-12-5-6-12/h3-4,7,10,12-14,17,21H,5-6,8-9,11H2,1-2H3,(H,23,25)/t13-,14+,17?. The fourth-order valence-electron chi connectivity index (χ4n) is 4.33. The highest BCUT2D eigenvalue weighted by Gasteiger charge is 2.57. The number of fused-ring (bicyclic) bond motifs is 2. The van der Waals surface area contributed by atoms with Crippen LogP contribution in [0, 0.1) is 23.7 Å². The summed E-state index contributed by atoms with van der Waals surface area (Å²) in [6.07, 6.45) is 6.76. The number of nitrogens with zero attached hydrogens (tertiary/aromatic N) is 2. The van der Waals surface area contributed by atoms with Gasteiger partial charge in [-0.2, -0.15) is 0 Å². The van der Waals surface area contributed by atoms with Gasteiger partial charge in [0, 0.05) is 22.8 Å². The van der Waals surface area contributed by atoms with E-state index in [1.807, 2.05) is 18.0 Å². The van der Waals surface area contributed by atoms with Gasteiger partial charge in [-0.25, -0.2) is 4.98 Å². The van der Waals surface area contributed by atoms with Gasteiger partial charge < -0.3 is 15.0 Å². The molecular formula is C20H26N4OS. The van der Waals surface area contributed by atoms with Gasteiger partial charge >= 0.3 is 0 Å². The lowest BCUT2D eigenvalue weighted by Gasteiger charge is -2.26. The lowest BCUT2D eigenvalue weighted by atomic mass is 10.0. The maximum Gasteiger partial charge on any atom is 0.224 e. The van der Waals surface area contributed by atoms with Gasteiger partial charge in [0.1, 0.15) is 5.82 Å². The van der Waals surface area contributed by atoms with Gasteiger partial charge in [-0.05, 0) is 69.7 Å². The summed E-state index contributed by atoms with van der Waals surface area (Å²) in [6.45, 7) is 6.08. The van der Waals surface area contributed by atoms with Crippen LogP contribution in [-0.4, -0.2) is 34.1 Å². The molecule has 1 amide bonds. The number of piperidine rings is 1. The van der Waals surface area contributed by atoms with Gasteiger partial charge in [-0.3, -0.25) is 4.79 Å². The summed E-state index contributed by atoms with van der Waals surface area (Å²) in [7, 11) is 0. The minimum absolute atomic E-state index is 0.183. The van der Waals surface area contributed by atoms with E-state index in [2.05, 4.69) is 47.2 Å². The lowest BCUT2D eigenvalue weighted by molar-refractivity contribution is -0.124. The zero-order chi connectivity index (χ0) is 17.9. The molecule has 138 valence electrons. The molecule has 1 aliphatic heterocycles. The van der Waals surface area contributed by atoms with E-state index in [1.165, 1.54) is 23.5 Å². The number of nitrogens with one attached hydrogen (secondary N) is 2. The Kier molecular flexibility index (Phi) is 3.83. The fraction of sp³-hybridized carbons (Fsp3) is 0.600. The first kappa shape index (κ1) is 16.6. The third-order valence-corrected chi connectivity index (χ3v) is 7.39. The van der Waals surface area contributed by atoms with E-state index >= 15 is 0 Å². The van der Waals surface area contributed by atoms with E-state index in [9.17, 15) is 4.79 Å². The number of pyridine rings is 1. The Morgan fingerprint density at radius 2 is 2.15 bits per heavy atom. The van der Waals surface area contributed by atoms with Crippen LogP contribution in [0.15, 0.2) is 29.4 Å². The average Bonchev–Trinajstić information content (AvgIpc) is 3.46. The molecule has 6 heteroatoms. The largest absolute Gasteiger partial charge is 0.344 e. The van der Waals surface area contributed by atoms with Crippen molar-refractivity contribution in [3.8, 4) is 0 Å². The highest BCUT2D eigenvalue weighted by atomic mass is 32.2. The molecule has 0 aromatic carbocycles. The SMILES string of the molecule is CC(C)(NC(=O)C1[C@H]2CNC[C@@H]12)c1ncc2c(SCC3CC3)cccn12. The van der Waals surface area contributed by atoms with Crippen LogP contribution in [0.1, 0.15) is 32.5 Å². The number of rotatable bonds is 6. The van der Waals surface area contributed by atoms with Gasteiger partial charge in [0.05, 0.1) is 17.3 Å². The minimum Gasteiger partial charge on any atom is -0.344 e. The van der Waals surface area contributed by atoms with Crippen molar-refractivity contribution in [3.05, 3.63) is 30.4 Å². The summed E-state index contributed by atoms with van der Waals surface area (Å²) in [4.78, 5) is 18.7. The second-order valence-electron chi connectivity index (χ2n) is 8.59. The van der Waals surface area contributed by atoms with Crippen molar-refractivity contribution in [2.24, 2.45) is 23.7 Å². The van der Waals surface area contributed by atoms with Crippen molar-refractivity contribution >= 4 is 23.2 Å². The molecule has 5 rings (SSSR count). The molecule has 2 aromatic heterocycles. The Morgan fingerprint density at radius 1 is 1.38 bits per heavy atom. The quantitative estimate of drug-likeness (QED) is 0.768. The number of hydrogen-bond acceptors (Lipinski definition) is 4. The molecule has 5 nitrogen and oxygen atoms in total. The zero-order valence-electron chi connectivity index (χ0n) is 15.4. The van der Waals surface area contributed by atoms with E-state index < -0.39 is 5.54 Å². The van der Waals surface area contributed by atoms with Gasteiger partial charge in [0.15, 0.2) is 0 Å². The number of thioether (sulfide) groups is 1. The summed E-state index contributed by atoms with van der Waals surface area (Å²) >= 11 is 1.93. The van der Waals surface area contributed by atoms with E-state index in [0.717, 1.165) is 30.3 Å². The summed E-state index contributed by atoms with van der Waals surface area (Å²) in [6, 6.07) is 4.26. The Morgan fingerprint density at radius 3 is 2.88 bits per heavy atom. The van der Waals surface area contributed by atoms with Crippen molar-refractivity contribution < 1.29 is 4.79 Å². The summed E-state index contributed by atoms with van der Waals surface area (Å²) in [5, 5.41) is 6.62. The van der Waals surface area contributed by atoms with E-state index in [-0.39, 0.29) is 11.8 Å². The van der Waals surface area contributed by atoms with E-state index in [4.69, 9.17) is 4.98 Å². The molecule has 1 unspecified atom stereocenters. The molecule has 2 aromatic rings. The Bertz CT molecular complexity index is 847. The summed E-state index contributed by atoms with van der Waals surface area (Å²) in [5.74, 6) is 4.43. The molecule has 0 bridgehead atoms. The molecule has 3 atom stereocenters. The zero-order valence-corrected chi connectivity index (χ0v) is 16.2. The maximum absolute atomic E-state index is 12.7.